The first kappa shape index (κ1) is 24.7. The molecule has 1 aliphatic rings. The van der Waals surface area contributed by atoms with Gasteiger partial charge in [0, 0.05) is 23.5 Å². The van der Waals surface area contributed by atoms with Crippen molar-refractivity contribution in [3.63, 3.8) is 0 Å². The molecule has 4 aromatic rings. The maximum absolute atomic E-state index is 13.2. The van der Waals surface area contributed by atoms with E-state index >= 15 is 0 Å². The molecular formula is C30H32N4O3. The van der Waals surface area contributed by atoms with Gasteiger partial charge in [0.2, 0.25) is 0 Å². The predicted octanol–water partition coefficient (Wildman–Crippen LogP) is 6.13. The van der Waals surface area contributed by atoms with Gasteiger partial charge in [0.05, 0.1) is 23.2 Å². The third-order valence-corrected chi connectivity index (χ3v) is 6.48. The van der Waals surface area contributed by atoms with Gasteiger partial charge in [0.1, 0.15) is 11.3 Å². The van der Waals surface area contributed by atoms with Crippen molar-refractivity contribution in [2.75, 3.05) is 0 Å². The number of rotatable bonds is 5. The molecule has 5 rings (SSSR count). The average molecular weight is 497 g/mol. The van der Waals surface area contributed by atoms with Gasteiger partial charge >= 0.3 is 5.97 Å². The van der Waals surface area contributed by atoms with E-state index in [-0.39, 0.29) is 17.9 Å². The van der Waals surface area contributed by atoms with E-state index in [2.05, 4.69) is 0 Å². The lowest BCUT2D eigenvalue weighted by Gasteiger charge is -2.21. The van der Waals surface area contributed by atoms with E-state index in [1.165, 1.54) is 4.68 Å². The van der Waals surface area contributed by atoms with Crippen molar-refractivity contribution in [1.29, 1.82) is 0 Å². The predicted molar refractivity (Wildman–Crippen MR) is 145 cm³/mol. The number of fused-ring (bicyclic) bond motifs is 1. The van der Waals surface area contributed by atoms with Crippen LogP contribution in [0.4, 0.5) is 0 Å². The molecule has 0 unspecified atom stereocenters. The van der Waals surface area contributed by atoms with E-state index in [0.717, 1.165) is 59.3 Å². The topological polar surface area (TPSA) is 78.5 Å². The molecule has 0 amide bonds. The number of ether oxygens (including phenoxy) is 1. The fraction of sp³-hybridized carbons (Fsp3) is 0.333. The zero-order valence-electron chi connectivity index (χ0n) is 21.6. The van der Waals surface area contributed by atoms with Crippen LogP contribution >= 0.6 is 0 Å². The van der Waals surface area contributed by atoms with Crippen molar-refractivity contribution in [2.24, 2.45) is 0 Å². The monoisotopic (exact) mass is 496 g/mol. The Labute approximate surface area is 216 Å². The minimum Gasteiger partial charge on any atom is -0.460 e. The Morgan fingerprint density at radius 3 is 2.46 bits per heavy atom. The fourth-order valence-corrected chi connectivity index (χ4v) is 4.91. The summed E-state index contributed by atoms with van der Waals surface area (Å²) in [6, 6.07) is 19.2. The summed E-state index contributed by atoms with van der Waals surface area (Å²) >= 11 is 0. The summed E-state index contributed by atoms with van der Waals surface area (Å²) in [6.07, 6.45) is 6.47. The second kappa shape index (κ2) is 10.2. The highest BCUT2D eigenvalue weighted by atomic mass is 16.6. The molecule has 0 bridgehead atoms. The lowest BCUT2D eigenvalue weighted by Crippen LogP contribution is -2.25. The third-order valence-electron chi connectivity index (χ3n) is 6.48. The van der Waals surface area contributed by atoms with Crippen LogP contribution in [-0.2, 0) is 9.53 Å². The lowest BCUT2D eigenvalue weighted by atomic mass is 10.0. The first-order valence-electron chi connectivity index (χ1n) is 12.9. The first-order valence-corrected chi connectivity index (χ1v) is 12.9. The van der Waals surface area contributed by atoms with Crippen LogP contribution in [0.2, 0.25) is 0 Å². The van der Waals surface area contributed by atoms with Gasteiger partial charge < -0.3 is 4.74 Å². The Balaban J connectivity index is 1.65. The number of esters is 1. The van der Waals surface area contributed by atoms with Crippen LogP contribution in [-0.4, -0.2) is 31.0 Å². The van der Waals surface area contributed by atoms with Crippen LogP contribution < -0.4 is 5.56 Å². The van der Waals surface area contributed by atoms with Gasteiger partial charge in [-0.15, -0.1) is 0 Å². The summed E-state index contributed by atoms with van der Waals surface area (Å²) in [5.41, 5.74) is 5.18. The summed E-state index contributed by atoms with van der Waals surface area (Å²) < 4.78 is 8.94. The van der Waals surface area contributed by atoms with Crippen molar-refractivity contribution in [2.45, 2.75) is 64.9 Å². The highest BCUT2D eigenvalue weighted by Gasteiger charge is 2.23. The van der Waals surface area contributed by atoms with Crippen LogP contribution in [0.5, 0.6) is 0 Å². The quantitative estimate of drug-likeness (QED) is 0.311. The van der Waals surface area contributed by atoms with Gasteiger partial charge in [0.25, 0.3) is 5.56 Å². The van der Waals surface area contributed by atoms with Crippen LogP contribution in [0.25, 0.3) is 33.7 Å². The van der Waals surface area contributed by atoms with Crippen molar-refractivity contribution in [3.8, 4) is 22.5 Å². The molecular weight excluding hydrogens is 464 g/mol. The highest BCUT2D eigenvalue weighted by Crippen LogP contribution is 2.35. The van der Waals surface area contributed by atoms with E-state index in [1.807, 2.05) is 80.0 Å². The Bertz CT molecular complexity index is 1520. The molecule has 3 heterocycles. The van der Waals surface area contributed by atoms with E-state index in [4.69, 9.17) is 14.9 Å². The van der Waals surface area contributed by atoms with Gasteiger partial charge in [-0.2, -0.15) is 10.2 Å². The molecule has 0 spiro atoms. The van der Waals surface area contributed by atoms with Gasteiger partial charge in [-0.1, -0.05) is 42.8 Å². The molecule has 0 radical (unpaired) electrons. The molecule has 7 heteroatoms. The van der Waals surface area contributed by atoms with Crippen molar-refractivity contribution in [3.05, 3.63) is 82.8 Å². The average Bonchev–Trinajstić information content (AvgIpc) is 3.11. The van der Waals surface area contributed by atoms with Crippen molar-refractivity contribution >= 4 is 17.2 Å². The van der Waals surface area contributed by atoms with Gasteiger partial charge in [-0.3, -0.25) is 9.59 Å². The zero-order valence-corrected chi connectivity index (χ0v) is 21.6. The molecule has 1 aliphatic carbocycles. The molecule has 3 aromatic heterocycles. The van der Waals surface area contributed by atoms with Gasteiger partial charge in [-0.25, -0.2) is 9.20 Å². The molecule has 0 aliphatic heterocycles. The number of hydrogen-bond donors (Lipinski definition) is 0. The SMILES string of the molecule is CC(C)(C)OC(=O)CC1=C(n2nc(-c3c(-c4ccccc4)nn4ccccc34)ccc2=O)CCCCC1. The number of allylic oxidation sites excluding steroid dienone is 1. The summed E-state index contributed by atoms with van der Waals surface area (Å²) in [7, 11) is 0. The number of benzene rings is 1. The number of aromatic nitrogens is 4. The summed E-state index contributed by atoms with van der Waals surface area (Å²) in [5.74, 6) is -0.278. The molecule has 190 valence electrons. The van der Waals surface area contributed by atoms with Crippen LogP contribution in [0.3, 0.4) is 0 Å². The second-order valence-corrected chi connectivity index (χ2v) is 10.5. The molecule has 0 N–H and O–H groups in total. The maximum atomic E-state index is 13.2. The summed E-state index contributed by atoms with van der Waals surface area (Å²) in [6.45, 7) is 5.59. The number of pyridine rings is 1. The molecule has 1 aromatic carbocycles. The Morgan fingerprint density at radius 2 is 1.68 bits per heavy atom. The summed E-state index contributed by atoms with van der Waals surface area (Å²) in [5, 5.41) is 9.73. The normalized spacial score (nSPS) is 14.6. The van der Waals surface area contributed by atoms with E-state index < -0.39 is 5.60 Å². The standard InChI is InChI=1S/C30H32N4O3/c1-30(2,3)37-27(36)20-22-14-8-5-9-15-24(22)34-26(35)18-17-23(31-34)28-25-16-10-11-19-33(25)32-29(28)21-12-6-4-7-13-21/h4,6-7,10-13,16-19H,5,8-9,14-15,20H2,1-3H3. The smallest absolute Gasteiger partial charge is 0.310 e. The highest BCUT2D eigenvalue weighted by molar-refractivity contribution is 5.90. The Hall–Kier alpha value is -4.00. The fourth-order valence-electron chi connectivity index (χ4n) is 4.91. The van der Waals surface area contributed by atoms with E-state index in [9.17, 15) is 9.59 Å². The molecule has 0 atom stereocenters. The van der Waals surface area contributed by atoms with Crippen LogP contribution in [0.15, 0.2) is 77.2 Å². The number of nitrogens with zero attached hydrogens (tertiary/aromatic N) is 4. The molecule has 0 saturated carbocycles. The Kier molecular flexibility index (Phi) is 6.78. The van der Waals surface area contributed by atoms with Gasteiger partial charge in [-0.05, 0) is 70.2 Å². The Morgan fingerprint density at radius 1 is 0.919 bits per heavy atom. The lowest BCUT2D eigenvalue weighted by molar-refractivity contribution is -0.153. The van der Waals surface area contributed by atoms with Gasteiger partial charge in [0.15, 0.2) is 0 Å². The van der Waals surface area contributed by atoms with E-state index in [1.54, 1.807) is 12.1 Å². The number of hydrogen-bond acceptors (Lipinski definition) is 5. The molecule has 0 fully saturated rings. The molecule has 7 nitrogen and oxygen atoms in total. The second-order valence-electron chi connectivity index (χ2n) is 10.5. The molecule has 0 saturated heterocycles. The first-order chi connectivity index (χ1) is 17.8. The molecule has 37 heavy (non-hydrogen) atoms. The van der Waals surface area contributed by atoms with Crippen molar-refractivity contribution < 1.29 is 9.53 Å². The van der Waals surface area contributed by atoms with Crippen LogP contribution in [0.1, 0.15) is 59.3 Å². The minimum absolute atomic E-state index is 0.164. The number of carbonyl (C=O) groups excluding carboxylic acids is 1. The minimum atomic E-state index is -0.561. The van der Waals surface area contributed by atoms with Crippen molar-refractivity contribution in [1.82, 2.24) is 19.4 Å². The van der Waals surface area contributed by atoms with Crippen LogP contribution in [0, 0.1) is 0 Å². The van der Waals surface area contributed by atoms with E-state index in [0.29, 0.717) is 12.1 Å². The largest absolute Gasteiger partial charge is 0.460 e. The number of carbonyl (C=O) groups is 1. The summed E-state index contributed by atoms with van der Waals surface area (Å²) in [4.78, 5) is 25.9. The zero-order chi connectivity index (χ0) is 26.0. The third kappa shape index (κ3) is 5.40. The maximum Gasteiger partial charge on any atom is 0.310 e.